The standard InChI is InChI=1S/C22H24N2O3/c1-4-16-7-11-18(12-8-16)24-21(26)19(17-9-5-15(2)6-10-17)20(22(24)27)23(3)13-14-25/h5-12,25H,4,13-14H2,1-3H3. The molecule has 2 aromatic rings. The van der Waals surface area contributed by atoms with Gasteiger partial charge in [-0.3, -0.25) is 9.59 Å². The fourth-order valence-electron chi connectivity index (χ4n) is 3.23. The Morgan fingerprint density at radius 3 is 2.15 bits per heavy atom. The van der Waals surface area contributed by atoms with Crippen LogP contribution in [-0.2, 0) is 16.0 Å². The van der Waals surface area contributed by atoms with Crippen molar-refractivity contribution in [2.24, 2.45) is 0 Å². The van der Waals surface area contributed by atoms with E-state index in [1.165, 1.54) is 4.90 Å². The quantitative estimate of drug-likeness (QED) is 0.801. The summed E-state index contributed by atoms with van der Waals surface area (Å²) in [6.07, 6.45) is 0.888. The van der Waals surface area contributed by atoms with E-state index >= 15 is 0 Å². The lowest BCUT2D eigenvalue weighted by Gasteiger charge is -2.20. The van der Waals surface area contributed by atoms with Gasteiger partial charge in [0.15, 0.2) is 0 Å². The van der Waals surface area contributed by atoms with Gasteiger partial charge in [0.2, 0.25) is 0 Å². The molecule has 1 N–H and O–H groups in total. The smallest absolute Gasteiger partial charge is 0.282 e. The lowest BCUT2D eigenvalue weighted by atomic mass is 10.0. The fraction of sp³-hybridized carbons (Fsp3) is 0.273. The van der Waals surface area contributed by atoms with Crippen LogP contribution in [0.1, 0.15) is 23.6 Å². The molecule has 1 heterocycles. The fourth-order valence-corrected chi connectivity index (χ4v) is 3.23. The molecule has 27 heavy (non-hydrogen) atoms. The summed E-state index contributed by atoms with van der Waals surface area (Å²) in [5.41, 5.74) is 4.16. The van der Waals surface area contributed by atoms with E-state index in [-0.39, 0.29) is 25.0 Å². The second kappa shape index (κ2) is 7.76. The number of rotatable bonds is 6. The Morgan fingerprint density at radius 2 is 1.59 bits per heavy atom. The van der Waals surface area contributed by atoms with Gasteiger partial charge in [0.1, 0.15) is 5.70 Å². The molecule has 0 unspecified atom stereocenters. The Bertz CT molecular complexity index is 883. The number of aliphatic hydroxyl groups excluding tert-OH is 1. The average Bonchev–Trinajstić information content (AvgIpc) is 2.93. The first-order chi connectivity index (χ1) is 13.0. The molecular formula is C22H24N2O3. The highest BCUT2D eigenvalue weighted by molar-refractivity contribution is 6.45. The van der Waals surface area contributed by atoms with Crippen LogP contribution in [0.3, 0.4) is 0 Å². The van der Waals surface area contributed by atoms with Crippen LogP contribution in [0.5, 0.6) is 0 Å². The molecule has 2 amide bonds. The van der Waals surface area contributed by atoms with Crippen molar-refractivity contribution in [3.63, 3.8) is 0 Å². The maximum atomic E-state index is 13.2. The van der Waals surface area contributed by atoms with Crippen molar-refractivity contribution >= 4 is 23.1 Å². The molecule has 140 valence electrons. The molecule has 0 aromatic heterocycles. The van der Waals surface area contributed by atoms with Crippen molar-refractivity contribution in [3.05, 3.63) is 70.9 Å². The number of aryl methyl sites for hydroxylation is 2. The molecule has 0 spiro atoms. The molecule has 1 aliphatic heterocycles. The van der Waals surface area contributed by atoms with E-state index < -0.39 is 0 Å². The maximum Gasteiger partial charge on any atom is 0.282 e. The molecule has 0 aliphatic carbocycles. The van der Waals surface area contributed by atoms with Crippen molar-refractivity contribution in [3.8, 4) is 0 Å². The van der Waals surface area contributed by atoms with Crippen molar-refractivity contribution in [2.75, 3.05) is 25.1 Å². The zero-order chi connectivity index (χ0) is 19.6. The average molecular weight is 364 g/mol. The minimum atomic E-state index is -0.365. The topological polar surface area (TPSA) is 60.9 Å². The summed E-state index contributed by atoms with van der Waals surface area (Å²) < 4.78 is 0. The lowest BCUT2D eigenvalue weighted by Crippen LogP contribution is -2.34. The van der Waals surface area contributed by atoms with E-state index in [9.17, 15) is 14.7 Å². The van der Waals surface area contributed by atoms with Gasteiger partial charge < -0.3 is 10.0 Å². The van der Waals surface area contributed by atoms with E-state index in [1.54, 1.807) is 24.1 Å². The molecular weight excluding hydrogens is 340 g/mol. The lowest BCUT2D eigenvalue weighted by molar-refractivity contribution is -0.120. The zero-order valence-corrected chi connectivity index (χ0v) is 15.9. The van der Waals surface area contributed by atoms with Crippen LogP contribution in [0.15, 0.2) is 54.2 Å². The first-order valence-corrected chi connectivity index (χ1v) is 9.09. The number of hydrogen-bond acceptors (Lipinski definition) is 4. The van der Waals surface area contributed by atoms with Crippen molar-refractivity contribution in [1.29, 1.82) is 0 Å². The number of hydrogen-bond donors (Lipinski definition) is 1. The number of anilines is 1. The normalized spacial score (nSPS) is 14.3. The second-order valence-electron chi connectivity index (χ2n) is 6.70. The molecule has 0 radical (unpaired) electrons. The predicted octanol–water partition coefficient (Wildman–Crippen LogP) is 2.77. The summed E-state index contributed by atoms with van der Waals surface area (Å²) in [5, 5.41) is 9.31. The van der Waals surface area contributed by atoms with Gasteiger partial charge in [0, 0.05) is 13.6 Å². The van der Waals surface area contributed by atoms with Crippen LogP contribution in [0.25, 0.3) is 5.57 Å². The molecule has 5 heteroatoms. The van der Waals surface area contributed by atoms with Crippen LogP contribution in [0.4, 0.5) is 5.69 Å². The van der Waals surface area contributed by atoms with Crippen molar-refractivity contribution < 1.29 is 14.7 Å². The largest absolute Gasteiger partial charge is 0.395 e. The summed E-state index contributed by atoms with van der Waals surface area (Å²) in [6.45, 7) is 4.19. The summed E-state index contributed by atoms with van der Waals surface area (Å²) in [4.78, 5) is 29.3. The molecule has 3 rings (SSSR count). The van der Waals surface area contributed by atoms with Crippen LogP contribution in [-0.4, -0.2) is 42.0 Å². The van der Waals surface area contributed by atoms with Crippen molar-refractivity contribution in [2.45, 2.75) is 20.3 Å². The molecule has 0 fully saturated rings. The Morgan fingerprint density at radius 1 is 0.963 bits per heavy atom. The predicted molar refractivity (Wildman–Crippen MR) is 106 cm³/mol. The van der Waals surface area contributed by atoms with E-state index in [0.29, 0.717) is 22.5 Å². The highest BCUT2D eigenvalue weighted by atomic mass is 16.3. The third kappa shape index (κ3) is 3.51. The van der Waals surface area contributed by atoms with Crippen LogP contribution in [0.2, 0.25) is 0 Å². The monoisotopic (exact) mass is 364 g/mol. The number of nitrogens with zero attached hydrogens (tertiary/aromatic N) is 2. The van der Waals surface area contributed by atoms with Gasteiger partial charge in [-0.05, 0) is 36.6 Å². The minimum Gasteiger partial charge on any atom is -0.395 e. The van der Waals surface area contributed by atoms with E-state index in [1.807, 2.05) is 43.3 Å². The van der Waals surface area contributed by atoms with E-state index in [0.717, 1.165) is 17.5 Å². The van der Waals surface area contributed by atoms with Gasteiger partial charge in [0.05, 0.1) is 17.9 Å². The summed E-state index contributed by atoms with van der Waals surface area (Å²) in [5.74, 6) is -0.705. The first-order valence-electron chi connectivity index (χ1n) is 9.09. The zero-order valence-electron chi connectivity index (χ0n) is 15.9. The van der Waals surface area contributed by atoms with Gasteiger partial charge in [-0.25, -0.2) is 4.90 Å². The first kappa shape index (κ1) is 18.9. The Labute approximate surface area is 159 Å². The highest BCUT2D eigenvalue weighted by Gasteiger charge is 2.41. The number of benzene rings is 2. The molecule has 0 bridgehead atoms. The van der Waals surface area contributed by atoms with E-state index in [4.69, 9.17) is 0 Å². The van der Waals surface area contributed by atoms with Crippen LogP contribution < -0.4 is 4.90 Å². The van der Waals surface area contributed by atoms with Crippen LogP contribution >= 0.6 is 0 Å². The highest BCUT2D eigenvalue weighted by Crippen LogP contribution is 2.34. The molecule has 0 atom stereocenters. The van der Waals surface area contributed by atoms with Gasteiger partial charge in [-0.1, -0.05) is 48.9 Å². The summed E-state index contributed by atoms with van der Waals surface area (Å²) in [6, 6.07) is 15.0. The van der Waals surface area contributed by atoms with Gasteiger partial charge >= 0.3 is 0 Å². The summed E-state index contributed by atoms with van der Waals surface area (Å²) in [7, 11) is 1.72. The molecule has 1 aliphatic rings. The molecule has 0 saturated carbocycles. The molecule has 5 nitrogen and oxygen atoms in total. The number of imide groups is 1. The van der Waals surface area contributed by atoms with Gasteiger partial charge in [-0.15, -0.1) is 0 Å². The molecule has 0 saturated heterocycles. The Balaban J connectivity index is 2.08. The number of aliphatic hydroxyl groups is 1. The SMILES string of the molecule is CCc1ccc(N2C(=O)C(c3ccc(C)cc3)=C(N(C)CCO)C2=O)cc1. The number of carbonyl (C=O) groups excluding carboxylic acids is 2. The van der Waals surface area contributed by atoms with Gasteiger partial charge in [-0.2, -0.15) is 0 Å². The maximum absolute atomic E-state index is 13.2. The number of likely N-dealkylation sites (N-methyl/N-ethyl adjacent to an activating group) is 1. The minimum absolute atomic E-state index is 0.103. The number of carbonyl (C=O) groups is 2. The third-order valence-corrected chi connectivity index (χ3v) is 4.82. The number of amides is 2. The molecule has 2 aromatic carbocycles. The van der Waals surface area contributed by atoms with Crippen LogP contribution in [0, 0.1) is 6.92 Å². The Hall–Kier alpha value is -2.92. The Kier molecular flexibility index (Phi) is 5.42. The second-order valence-corrected chi connectivity index (χ2v) is 6.70. The third-order valence-electron chi connectivity index (χ3n) is 4.82. The van der Waals surface area contributed by atoms with Gasteiger partial charge in [0.25, 0.3) is 11.8 Å². The van der Waals surface area contributed by atoms with E-state index in [2.05, 4.69) is 6.92 Å². The van der Waals surface area contributed by atoms with Crippen molar-refractivity contribution in [1.82, 2.24) is 4.90 Å². The summed E-state index contributed by atoms with van der Waals surface area (Å²) >= 11 is 0.